The van der Waals surface area contributed by atoms with Crippen molar-refractivity contribution >= 4 is 33.3 Å². The Morgan fingerprint density at radius 1 is 1.20 bits per heavy atom. The molecular formula is C21H28BrNO2. The first-order valence-electron chi connectivity index (χ1n) is 9.74. The van der Waals surface area contributed by atoms with Crippen LogP contribution >= 0.6 is 15.9 Å². The predicted molar refractivity (Wildman–Crippen MR) is 106 cm³/mol. The quantitative estimate of drug-likeness (QED) is 0.492. The lowest BCUT2D eigenvalue weighted by molar-refractivity contribution is -0.123. The minimum atomic E-state index is -0.112. The molecule has 136 valence electrons. The van der Waals surface area contributed by atoms with E-state index in [1.807, 2.05) is 23.1 Å². The number of fused-ring (bicyclic) bond motifs is 1. The zero-order valence-corrected chi connectivity index (χ0v) is 16.7. The molecule has 0 aromatic heterocycles. The number of ketones is 1. The van der Waals surface area contributed by atoms with E-state index in [1.165, 1.54) is 19.3 Å². The monoisotopic (exact) mass is 405 g/mol. The molecule has 0 radical (unpaired) electrons. The van der Waals surface area contributed by atoms with Crippen LogP contribution in [-0.2, 0) is 11.2 Å². The summed E-state index contributed by atoms with van der Waals surface area (Å²) in [6.07, 6.45) is 9.44. The van der Waals surface area contributed by atoms with E-state index in [-0.39, 0.29) is 16.5 Å². The lowest BCUT2D eigenvalue weighted by Gasteiger charge is -2.34. The Labute approximate surface area is 159 Å². The molecular weight excluding hydrogens is 378 g/mol. The van der Waals surface area contributed by atoms with Gasteiger partial charge in [-0.2, -0.15) is 0 Å². The van der Waals surface area contributed by atoms with E-state index >= 15 is 0 Å². The van der Waals surface area contributed by atoms with Crippen LogP contribution in [0.15, 0.2) is 18.2 Å². The van der Waals surface area contributed by atoms with Gasteiger partial charge in [-0.1, -0.05) is 48.5 Å². The second-order valence-corrected chi connectivity index (χ2v) is 8.50. The van der Waals surface area contributed by atoms with E-state index < -0.39 is 0 Å². The van der Waals surface area contributed by atoms with Crippen LogP contribution in [0.3, 0.4) is 0 Å². The predicted octanol–water partition coefficient (Wildman–Crippen LogP) is 5.29. The van der Waals surface area contributed by atoms with E-state index in [4.69, 9.17) is 0 Å². The van der Waals surface area contributed by atoms with Gasteiger partial charge in [0, 0.05) is 23.7 Å². The van der Waals surface area contributed by atoms with E-state index in [1.54, 1.807) is 0 Å². The fraction of sp³-hybridized carbons (Fsp3) is 0.619. The molecule has 25 heavy (non-hydrogen) atoms. The number of alkyl halides is 1. The molecule has 1 amide bonds. The molecule has 0 bridgehead atoms. The SMILES string of the molecule is CCCC(Br)C(=O)c1ccc2c(c1)CCCN2C(=O)C1CCCCC1. The van der Waals surface area contributed by atoms with Crippen LogP contribution in [0, 0.1) is 5.92 Å². The Morgan fingerprint density at radius 2 is 1.96 bits per heavy atom. The number of nitrogens with zero attached hydrogens (tertiary/aromatic N) is 1. The van der Waals surface area contributed by atoms with Gasteiger partial charge in [-0.05, 0) is 55.9 Å². The third-order valence-corrected chi connectivity index (χ3v) is 6.40. The first-order valence-corrected chi connectivity index (χ1v) is 10.7. The number of anilines is 1. The molecule has 1 atom stereocenters. The molecule has 4 heteroatoms. The van der Waals surface area contributed by atoms with Gasteiger partial charge in [0.15, 0.2) is 5.78 Å². The van der Waals surface area contributed by atoms with Crippen molar-refractivity contribution in [2.24, 2.45) is 5.92 Å². The highest BCUT2D eigenvalue weighted by Crippen LogP contribution is 2.33. The molecule has 1 heterocycles. The normalized spacial score (nSPS) is 19.4. The van der Waals surface area contributed by atoms with E-state index in [9.17, 15) is 9.59 Å². The topological polar surface area (TPSA) is 37.4 Å². The van der Waals surface area contributed by atoms with E-state index in [2.05, 4.69) is 22.9 Å². The third-order valence-electron chi connectivity index (χ3n) is 5.53. The molecule has 0 N–H and O–H groups in total. The highest BCUT2D eigenvalue weighted by Gasteiger charge is 2.30. The maximum atomic E-state index is 13.0. The first-order chi connectivity index (χ1) is 12.1. The average Bonchev–Trinajstić information content (AvgIpc) is 2.66. The molecule has 2 aliphatic rings. The molecule has 3 nitrogen and oxygen atoms in total. The van der Waals surface area contributed by atoms with Gasteiger partial charge < -0.3 is 4.90 Å². The zero-order chi connectivity index (χ0) is 17.8. The number of carbonyl (C=O) groups is 2. The molecule has 0 spiro atoms. The molecule has 1 unspecified atom stereocenters. The summed E-state index contributed by atoms with van der Waals surface area (Å²) >= 11 is 3.51. The highest BCUT2D eigenvalue weighted by atomic mass is 79.9. The number of amides is 1. The van der Waals surface area contributed by atoms with Crippen molar-refractivity contribution in [2.45, 2.75) is 69.5 Å². The van der Waals surface area contributed by atoms with Gasteiger partial charge in [-0.15, -0.1) is 0 Å². The summed E-state index contributed by atoms with van der Waals surface area (Å²) in [4.78, 5) is 27.4. The number of aryl methyl sites for hydroxylation is 1. The van der Waals surface area contributed by atoms with Crippen molar-refractivity contribution in [3.05, 3.63) is 29.3 Å². The van der Waals surface area contributed by atoms with Crippen molar-refractivity contribution in [1.82, 2.24) is 0 Å². The second kappa shape index (κ2) is 8.48. The number of halogens is 1. The standard InChI is InChI=1S/C21H28BrNO2/c1-2-7-18(22)20(24)17-11-12-19-16(14-17)10-6-13-23(19)21(25)15-8-4-3-5-9-15/h11-12,14-15,18H,2-10,13H2,1H3. The summed E-state index contributed by atoms with van der Waals surface area (Å²) in [7, 11) is 0. The van der Waals surface area contributed by atoms with Crippen LogP contribution in [-0.4, -0.2) is 23.1 Å². The Balaban J connectivity index is 1.80. The van der Waals surface area contributed by atoms with Crippen molar-refractivity contribution < 1.29 is 9.59 Å². The van der Waals surface area contributed by atoms with Crippen molar-refractivity contribution in [3.63, 3.8) is 0 Å². The summed E-state index contributed by atoms with van der Waals surface area (Å²) in [5.41, 5.74) is 2.94. The Hall–Kier alpha value is -1.16. The number of hydrogen-bond donors (Lipinski definition) is 0. The van der Waals surface area contributed by atoms with Crippen LogP contribution in [0.4, 0.5) is 5.69 Å². The van der Waals surface area contributed by atoms with Crippen LogP contribution < -0.4 is 4.90 Å². The highest BCUT2D eigenvalue weighted by molar-refractivity contribution is 9.10. The lowest BCUT2D eigenvalue weighted by atomic mass is 9.87. The maximum absolute atomic E-state index is 13.0. The van der Waals surface area contributed by atoms with Crippen LogP contribution in [0.2, 0.25) is 0 Å². The first kappa shape index (κ1) is 18.6. The molecule has 1 aliphatic carbocycles. The second-order valence-electron chi connectivity index (χ2n) is 7.39. The summed E-state index contributed by atoms with van der Waals surface area (Å²) in [5.74, 6) is 0.641. The Bertz CT molecular complexity index is 637. The summed E-state index contributed by atoms with van der Waals surface area (Å²) in [6.45, 7) is 2.90. The number of hydrogen-bond acceptors (Lipinski definition) is 2. The number of benzene rings is 1. The smallest absolute Gasteiger partial charge is 0.230 e. The van der Waals surface area contributed by atoms with Gasteiger partial charge in [0.2, 0.25) is 5.91 Å². The molecule has 1 aliphatic heterocycles. The molecule has 0 saturated heterocycles. The Morgan fingerprint density at radius 3 is 2.68 bits per heavy atom. The van der Waals surface area contributed by atoms with Crippen molar-refractivity contribution in [3.8, 4) is 0 Å². The average molecular weight is 406 g/mol. The summed E-state index contributed by atoms with van der Waals surface area (Å²) in [6, 6.07) is 5.91. The summed E-state index contributed by atoms with van der Waals surface area (Å²) < 4.78 is 0. The third kappa shape index (κ3) is 4.16. The Kier molecular flexibility index (Phi) is 6.32. The van der Waals surface area contributed by atoms with Crippen LogP contribution in [0.1, 0.15) is 74.2 Å². The maximum Gasteiger partial charge on any atom is 0.230 e. The zero-order valence-electron chi connectivity index (χ0n) is 15.1. The van der Waals surface area contributed by atoms with Gasteiger partial charge in [-0.3, -0.25) is 9.59 Å². The lowest BCUT2D eigenvalue weighted by Crippen LogP contribution is -2.40. The van der Waals surface area contributed by atoms with Crippen molar-refractivity contribution in [1.29, 1.82) is 0 Å². The van der Waals surface area contributed by atoms with Gasteiger partial charge in [0.1, 0.15) is 0 Å². The number of Topliss-reactive ketones (excluding diaryl/α,β-unsaturated/α-hetero) is 1. The molecule has 3 rings (SSSR count). The van der Waals surface area contributed by atoms with E-state index in [0.717, 1.165) is 61.9 Å². The molecule has 1 aromatic rings. The number of carbonyl (C=O) groups excluding carboxylic acids is 2. The van der Waals surface area contributed by atoms with Crippen LogP contribution in [0.5, 0.6) is 0 Å². The fourth-order valence-electron chi connectivity index (χ4n) is 4.11. The van der Waals surface area contributed by atoms with Gasteiger partial charge >= 0.3 is 0 Å². The minimum absolute atomic E-state index is 0.112. The molecule has 1 fully saturated rings. The largest absolute Gasteiger partial charge is 0.312 e. The van der Waals surface area contributed by atoms with E-state index in [0.29, 0.717) is 5.91 Å². The minimum Gasteiger partial charge on any atom is -0.312 e. The van der Waals surface area contributed by atoms with Gasteiger partial charge in [-0.25, -0.2) is 0 Å². The van der Waals surface area contributed by atoms with Crippen molar-refractivity contribution in [2.75, 3.05) is 11.4 Å². The van der Waals surface area contributed by atoms with Gasteiger partial charge in [0.25, 0.3) is 0 Å². The molecule has 1 aromatic carbocycles. The molecule has 1 saturated carbocycles. The summed E-state index contributed by atoms with van der Waals surface area (Å²) in [5, 5.41) is 0. The number of rotatable bonds is 5. The van der Waals surface area contributed by atoms with Crippen LogP contribution in [0.25, 0.3) is 0 Å². The van der Waals surface area contributed by atoms with Gasteiger partial charge in [0.05, 0.1) is 4.83 Å². The fourth-order valence-corrected chi connectivity index (χ4v) is 4.84.